The van der Waals surface area contributed by atoms with Crippen LogP contribution in [-0.2, 0) is 4.84 Å². The summed E-state index contributed by atoms with van der Waals surface area (Å²) in [7, 11) is 1.56. The van der Waals surface area contributed by atoms with Crippen LogP contribution in [0.15, 0.2) is 84.7 Å². The monoisotopic (exact) mass is 424 g/mol. The maximum absolute atomic E-state index is 13.5. The molecule has 0 aliphatic carbocycles. The van der Waals surface area contributed by atoms with Crippen molar-refractivity contribution >= 4 is 16.9 Å². The zero-order valence-electron chi connectivity index (χ0n) is 18.0. The molecule has 0 radical (unpaired) electrons. The first-order valence-corrected chi connectivity index (χ1v) is 10.6. The number of carbonyl (C=O) groups is 1. The molecular formula is C26H24N4O2. The summed E-state index contributed by atoms with van der Waals surface area (Å²) in [6.07, 6.45) is 2.39. The van der Waals surface area contributed by atoms with E-state index >= 15 is 0 Å². The van der Waals surface area contributed by atoms with Gasteiger partial charge < -0.3 is 9.88 Å². The van der Waals surface area contributed by atoms with Crippen LogP contribution in [0.1, 0.15) is 34.2 Å². The number of carbonyl (C=O) groups excluding carboxylic acids is 1. The Morgan fingerprint density at radius 1 is 1.06 bits per heavy atom. The largest absolute Gasteiger partial charge is 0.340 e. The second kappa shape index (κ2) is 8.32. The van der Waals surface area contributed by atoms with Crippen LogP contribution in [-0.4, -0.2) is 27.9 Å². The van der Waals surface area contributed by atoms with Gasteiger partial charge in [0.25, 0.3) is 5.91 Å². The highest BCUT2D eigenvalue weighted by Crippen LogP contribution is 2.34. The second-order valence-electron chi connectivity index (χ2n) is 7.92. The number of hydroxylamine groups is 1. The van der Waals surface area contributed by atoms with Gasteiger partial charge in [-0.3, -0.25) is 15.1 Å². The van der Waals surface area contributed by atoms with Crippen LogP contribution < -0.4 is 5.48 Å². The molecule has 0 saturated heterocycles. The number of benzene rings is 3. The molecule has 5 rings (SSSR count). The molecule has 0 bridgehead atoms. The maximum atomic E-state index is 13.5. The topological polar surface area (TPSA) is 70.2 Å². The van der Waals surface area contributed by atoms with E-state index in [9.17, 15) is 4.79 Å². The van der Waals surface area contributed by atoms with Crippen molar-refractivity contribution in [1.82, 2.24) is 20.3 Å². The molecule has 6 heteroatoms. The lowest BCUT2D eigenvalue weighted by molar-refractivity contribution is 0.0779. The van der Waals surface area contributed by atoms with Crippen LogP contribution in [0.2, 0.25) is 0 Å². The normalized spacial score (nSPS) is 15.8. The number of fused-ring (bicyclic) bond motifs is 1. The molecule has 1 aliphatic heterocycles. The maximum Gasteiger partial charge on any atom is 0.258 e. The summed E-state index contributed by atoms with van der Waals surface area (Å²) < 4.78 is 0. The van der Waals surface area contributed by atoms with Gasteiger partial charge in [0.1, 0.15) is 11.9 Å². The predicted molar refractivity (Wildman–Crippen MR) is 124 cm³/mol. The van der Waals surface area contributed by atoms with Gasteiger partial charge in [0.15, 0.2) is 0 Å². The molecular weight excluding hydrogens is 400 g/mol. The fourth-order valence-electron chi connectivity index (χ4n) is 4.21. The summed E-state index contributed by atoms with van der Waals surface area (Å²) in [5.41, 5.74) is 9.61. The van der Waals surface area contributed by atoms with Crippen molar-refractivity contribution in [3.63, 3.8) is 0 Å². The number of aryl methyl sites for hydroxylation is 1. The average Bonchev–Trinajstić information content (AvgIpc) is 3.43. The van der Waals surface area contributed by atoms with E-state index in [1.54, 1.807) is 18.2 Å². The number of nitrogens with zero attached hydrogens (tertiary/aromatic N) is 2. The lowest BCUT2D eigenvalue weighted by atomic mass is 9.99. The van der Waals surface area contributed by atoms with Crippen LogP contribution in [0.5, 0.6) is 0 Å². The smallest absolute Gasteiger partial charge is 0.258 e. The third-order valence-corrected chi connectivity index (χ3v) is 5.82. The molecule has 6 nitrogen and oxygen atoms in total. The van der Waals surface area contributed by atoms with Crippen LogP contribution >= 0.6 is 0 Å². The number of hydrogen-bond acceptors (Lipinski definition) is 4. The fourth-order valence-corrected chi connectivity index (χ4v) is 4.21. The third kappa shape index (κ3) is 3.65. The molecule has 1 aromatic heterocycles. The van der Waals surface area contributed by atoms with E-state index in [0.29, 0.717) is 12.0 Å². The Labute approximate surface area is 186 Å². The van der Waals surface area contributed by atoms with E-state index < -0.39 is 0 Å². The summed E-state index contributed by atoms with van der Waals surface area (Å²) in [6, 6.07) is 23.6. The molecule has 2 heterocycles. The Balaban J connectivity index is 1.46. The van der Waals surface area contributed by atoms with Crippen molar-refractivity contribution in [3.05, 3.63) is 102 Å². The summed E-state index contributed by atoms with van der Waals surface area (Å²) in [4.78, 5) is 28.4. The van der Waals surface area contributed by atoms with Gasteiger partial charge in [-0.15, -0.1) is 0 Å². The average molecular weight is 425 g/mol. The van der Waals surface area contributed by atoms with Crippen LogP contribution in [0.25, 0.3) is 22.2 Å². The molecule has 0 fully saturated rings. The molecule has 1 aliphatic rings. The zero-order valence-corrected chi connectivity index (χ0v) is 18.0. The van der Waals surface area contributed by atoms with Crippen molar-refractivity contribution < 1.29 is 9.63 Å². The molecule has 2 N–H and O–H groups in total. The SMILES string of the molecule is CONC1=CN(C(=O)c2ccc(-c3ccccc3C)cc2)C(c2nc3ccccc3[nH]2)C1. The molecule has 160 valence electrons. The first-order chi connectivity index (χ1) is 15.6. The molecule has 4 aromatic rings. The van der Waals surface area contributed by atoms with Gasteiger partial charge in [-0.1, -0.05) is 48.5 Å². The Hall–Kier alpha value is -3.90. The Morgan fingerprint density at radius 2 is 1.81 bits per heavy atom. The highest BCUT2D eigenvalue weighted by atomic mass is 16.6. The van der Waals surface area contributed by atoms with E-state index in [-0.39, 0.29) is 11.9 Å². The molecule has 1 amide bonds. The standard InChI is InChI=1S/C26H24N4O2/c1-17-7-3-4-8-21(17)18-11-13-19(14-12-18)26(31)30-16-20(29-32-2)15-24(30)25-27-22-9-5-6-10-23(22)28-25/h3-14,16,24,29H,15H2,1-2H3,(H,27,28). The van der Waals surface area contributed by atoms with E-state index in [0.717, 1.165) is 28.1 Å². The minimum atomic E-state index is -0.247. The highest BCUT2D eigenvalue weighted by molar-refractivity contribution is 5.96. The number of para-hydroxylation sites is 2. The fraction of sp³-hybridized carbons (Fsp3) is 0.154. The summed E-state index contributed by atoms with van der Waals surface area (Å²) >= 11 is 0. The number of nitrogens with one attached hydrogen (secondary N) is 2. The molecule has 1 unspecified atom stereocenters. The number of aromatic amines is 1. The Morgan fingerprint density at radius 3 is 2.56 bits per heavy atom. The Kier molecular flexibility index (Phi) is 5.21. The first kappa shape index (κ1) is 20.0. The van der Waals surface area contributed by atoms with Crippen LogP contribution in [0.4, 0.5) is 0 Å². The first-order valence-electron chi connectivity index (χ1n) is 10.6. The van der Waals surface area contributed by atoms with E-state index in [1.165, 1.54) is 11.1 Å². The number of amides is 1. The second-order valence-corrected chi connectivity index (χ2v) is 7.92. The number of rotatable bonds is 5. The Bertz CT molecular complexity index is 1270. The van der Waals surface area contributed by atoms with Gasteiger partial charge in [-0.25, -0.2) is 4.98 Å². The van der Waals surface area contributed by atoms with Crippen molar-refractivity contribution in [1.29, 1.82) is 0 Å². The summed E-state index contributed by atoms with van der Waals surface area (Å²) in [6.45, 7) is 2.09. The molecule has 1 atom stereocenters. The molecule has 0 spiro atoms. The van der Waals surface area contributed by atoms with E-state index in [4.69, 9.17) is 9.82 Å². The number of hydrogen-bond donors (Lipinski definition) is 2. The minimum Gasteiger partial charge on any atom is -0.340 e. The molecule has 3 aromatic carbocycles. The third-order valence-electron chi connectivity index (χ3n) is 5.82. The van der Waals surface area contributed by atoms with Gasteiger partial charge in [-0.2, -0.15) is 0 Å². The molecule has 0 saturated carbocycles. The molecule has 32 heavy (non-hydrogen) atoms. The van der Waals surface area contributed by atoms with Crippen LogP contribution in [0.3, 0.4) is 0 Å². The van der Waals surface area contributed by atoms with Gasteiger partial charge in [-0.05, 0) is 47.9 Å². The van der Waals surface area contributed by atoms with Gasteiger partial charge in [0, 0.05) is 18.2 Å². The number of aromatic nitrogens is 2. The van der Waals surface area contributed by atoms with Crippen molar-refractivity contribution in [2.75, 3.05) is 7.11 Å². The predicted octanol–water partition coefficient (Wildman–Crippen LogP) is 5.12. The number of imidazole rings is 1. The van der Waals surface area contributed by atoms with Gasteiger partial charge in [0.2, 0.25) is 0 Å². The minimum absolute atomic E-state index is 0.0836. The van der Waals surface area contributed by atoms with Crippen molar-refractivity contribution in [3.8, 4) is 11.1 Å². The van der Waals surface area contributed by atoms with Crippen molar-refractivity contribution in [2.45, 2.75) is 19.4 Å². The van der Waals surface area contributed by atoms with E-state index in [2.05, 4.69) is 29.5 Å². The quantitative estimate of drug-likeness (QED) is 0.437. The van der Waals surface area contributed by atoms with Crippen LogP contribution in [0, 0.1) is 6.92 Å². The lowest BCUT2D eigenvalue weighted by Gasteiger charge is -2.22. The summed E-state index contributed by atoms with van der Waals surface area (Å²) in [5, 5.41) is 0. The van der Waals surface area contributed by atoms with Gasteiger partial charge in [0.05, 0.1) is 23.8 Å². The van der Waals surface area contributed by atoms with Crippen molar-refractivity contribution in [2.24, 2.45) is 0 Å². The number of H-pyrrole nitrogens is 1. The van der Waals surface area contributed by atoms with Gasteiger partial charge >= 0.3 is 0 Å². The zero-order chi connectivity index (χ0) is 22.1. The summed E-state index contributed by atoms with van der Waals surface area (Å²) in [5.74, 6) is 0.667. The van der Waals surface area contributed by atoms with E-state index in [1.807, 2.05) is 60.7 Å². The lowest BCUT2D eigenvalue weighted by Crippen LogP contribution is -2.27. The highest BCUT2D eigenvalue weighted by Gasteiger charge is 2.33.